The third-order valence-corrected chi connectivity index (χ3v) is 4.20. The minimum atomic E-state index is -0.455. The van der Waals surface area contributed by atoms with Crippen molar-refractivity contribution in [3.63, 3.8) is 0 Å². The summed E-state index contributed by atoms with van der Waals surface area (Å²) in [5.41, 5.74) is 2.80. The van der Waals surface area contributed by atoms with Gasteiger partial charge in [-0.3, -0.25) is 4.79 Å². The molecular weight excluding hydrogens is 333 g/mol. The van der Waals surface area contributed by atoms with E-state index >= 15 is 0 Å². The van der Waals surface area contributed by atoms with Crippen LogP contribution in [0.5, 0.6) is 11.5 Å². The third kappa shape index (κ3) is 4.97. The quantitative estimate of drug-likeness (QED) is 0.790. The summed E-state index contributed by atoms with van der Waals surface area (Å²) in [6.07, 6.45) is 0. The molecule has 0 unspecified atom stereocenters. The number of hydrogen-bond acceptors (Lipinski definition) is 3. The second-order valence-corrected chi connectivity index (χ2v) is 6.67. The molecule has 1 N–H and O–H groups in total. The molecule has 0 bridgehead atoms. The minimum Gasteiger partial charge on any atom is -0.494 e. The molecule has 0 aromatic heterocycles. The smallest absolute Gasteiger partial charge is 0.258 e. The summed E-state index contributed by atoms with van der Waals surface area (Å²) in [6, 6.07) is 10.3. The molecule has 1 atom stereocenters. The number of methoxy groups -OCH3 is 1. The predicted molar refractivity (Wildman–Crippen MR) is 100 cm³/mol. The standard InChI is InChI=1S/C21H26FNO3/c1-13(2)17-8-6-14(3)10-20(17)26-12-21(24)23-15(4)16-7-9-19(25-5)18(22)11-16/h6-11,13,15H,12H2,1-5H3,(H,23,24)/t15-/m0/s1. The molecule has 2 rings (SSSR count). The van der Waals surface area contributed by atoms with Crippen LogP contribution in [-0.4, -0.2) is 19.6 Å². The van der Waals surface area contributed by atoms with Crippen LogP contribution in [0.1, 0.15) is 49.4 Å². The van der Waals surface area contributed by atoms with Crippen molar-refractivity contribution < 1.29 is 18.7 Å². The van der Waals surface area contributed by atoms with Crippen LogP contribution >= 0.6 is 0 Å². The molecule has 140 valence electrons. The monoisotopic (exact) mass is 359 g/mol. The Labute approximate surface area is 154 Å². The van der Waals surface area contributed by atoms with Gasteiger partial charge in [0.05, 0.1) is 13.2 Å². The Morgan fingerprint density at radius 2 is 1.85 bits per heavy atom. The third-order valence-electron chi connectivity index (χ3n) is 4.20. The Balaban J connectivity index is 1.99. The molecule has 5 heteroatoms. The van der Waals surface area contributed by atoms with Gasteiger partial charge in [-0.05, 0) is 54.7 Å². The van der Waals surface area contributed by atoms with E-state index < -0.39 is 5.82 Å². The highest BCUT2D eigenvalue weighted by atomic mass is 19.1. The van der Waals surface area contributed by atoms with Gasteiger partial charge in [0.25, 0.3) is 5.91 Å². The van der Waals surface area contributed by atoms with Crippen LogP contribution in [0, 0.1) is 12.7 Å². The second kappa shape index (κ2) is 8.70. The molecule has 0 spiro atoms. The van der Waals surface area contributed by atoms with Crippen LogP contribution in [0.15, 0.2) is 36.4 Å². The number of carbonyl (C=O) groups is 1. The Kier molecular flexibility index (Phi) is 6.61. The van der Waals surface area contributed by atoms with Gasteiger partial charge in [0.15, 0.2) is 18.2 Å². The molecular formula is C21H26FNO3. The van der Waals surface area contributed by atoms with Crippen LogP contribution in [0.3, 0.4) is 0 Å². The zero-order valence-corrected chi connectivity index (χ0v) is 15.9. The first-order valence-electron chi connectivity index (χ1n) is 8.68. The lowest BCUT2D eigenvalue weighted by Gasteiger charge is -2.17. The van der Waals surface area contributed by atoms with Gasteiger partial charge in [-0.25, -0.2) is 4.39 Å². The zero-order valence-electron chi connectivity index (χ0n) is 15.9. The predicted octanol–water partition coefficient (Wildman–Crippen LogP) is 4.52. The van der Waals surface area contributed by atoms with Gasteiger partial charge in [0.2, 0.25) is 0 Å². The highest BCUT2D eigenvalue weighted by Crippen LogP contribution is 2.27. The molecule has 0 heterocycles. The first-order valence-corrected chi connectivity index (χ1v) is 8.68. The fourth-order valence-corrected chi connectivity index (χ4v) is 2.71. The molecule has 2 aromatic carbocycles. The first kappa shape index (κ1) is 19.8. The van der Waals surface area contributed by atoms with E-state index in [4.69, 9.17) is 9.47 Å². The second-order valence-electron chi connectivity index (χ2n) is 6.67. The molecule has 0 saturated heterocycles. The van der Waals surface area contributed by atoms with E-state index in [1.54, 1.807) is 19.1 Å². The van der Waals surface area contributed by atoms with E-state index in [0.717, 1.165) is 16.9 Å². The molecule has 4 nitrogen and oxygen atoms in total. The van der Waals surface area contributed by atoms with Crippen molar-refractivity contribution in [2.75, 3.05) is 13.7 Å². The Hall–Kier alpha value is -2.56. The van der Waals surface area contributed by atoms with E-state index in [9.17, 15) is 9.18 Å². The van der Waals surface area contributed by atoms with E-state index in [2.05, 4.69) is 19.2 Å². The van der Waals surface area contributed by atoms with Gasteiger partial charge in [-0.2, -0.15) is 0 Å². The van der Waals surface area contributed by atoms with Crippen molar-refractivity contribution in [1.82, 2.24) is 5.32 Å². The van der Waals surface area contributed by atoms with Crippen LogP contribution < -0.4 is 14.8 Å². The van der Waals surface area contributed by atoms with E-state index in [1.807, 2.05) is 25.1 Å². The average molecular weight is 359 g/mol. The molecule has 0 saturated carbocycles. The van der Waals surface area contributed by atoms with Crippen molar-refractivity contribution in [3.05, 3.63) is 58.9 Å². The fraction of sp³-hybridized carbons (Fsp3) is 0.381. The van der Waals surface area contributed by atoms with Gasteiger partial charge >= 0.3 is 0 Å². The fourth-order valence-electron chi connectivity index (χ4n) is 2.71. The molecule has 26 heavy (non-hydrogen) atoms. The molecule has 0 aliphatic heterocycles. The van der Waals surface area contributed by atoms with E-state index in [1.165, 1.54) is 13.2 Å². The van der Waals surface area contributed by atoms with Crippen molar-refractivity contribution in [1.29, 1.82) is 0 Å². The van der Waals surface area contributed by atoms with Crippen LogP contribution in [0.25, 0.3) is 0 Å². The molecule has 0 aliphatic carbocycles. The van der Waals surface area contributed by atoms with Gasteiger partial charge in [-0.1, -0.05) is 32.0 Å². The number of ether oxygens (including phenoxy) is 2. The maximum Gasteiger partial charge on any atom is 0.258 e. The number of rotatable bonds is 7. The van der Waals surface area contributed by atoms with Crippen LogP contribution in [0.2, 0.25) is 0 Å². The summed E-state index contributed by atoms with van der Waals surface area (Å²) in [5.74, 6) is 0.484. The molecule has 1 amide bonds. The van der Waals surface area contributed by atoms with Crippen molar-refractivity contribution >= 4 is 5.91 Å². The highest BCUT2D eigenvalue weighted by molar-refractivity contribution is 5.78. The van der Waals surface area contributed by atoms with E-state index in [0.29, 0.717) is 11.5 Å². The lowest BCUT2D eigenvalue weighted by Crippen LogP contribution is -2.31. The summed E-state index contributed by atoms with van der Waals surface area (Å²) in [4.78, 5) is 12.2. The zero-order chi connectivity index (χ0) is 19.3. The van der Waals surface area contributed by atoms with Gasteiger partial charge in [-0.15, -0.1) is 0 Å². The lowest BCUT2D eigenvalue weighted by molar-refractivity contribution is -0.123. The van der Waals surface area contributed by atoms with Crippen molar-refractivity contribution in [3.8, 4) is 11.5 Å². The first-order chi connectivity index (χ1) is 12.3. The number of amides is 1. The summed E-state index contributed by atoms with van der Waals surface area (Å²) in [7, 11) is 1.41. The maximum absolute atomic E-state index is 13.8. The topological polar surface area (TPSA) is 47.6 Å². The van der Waals surface area contributed by atoms with Crippen molar-refractivity contribution in [2.45, 2.75) is 39.7 Å². The SMILES string of the molecule is COc1ccc([C@H](C)NC(=O)COc2cc(C)ccc2C(C)C)cc1F. The van der Waals surface area contributed by atoms with Gasteiger partial charge in [0, 0.05) is 0 Å². The number of carbonyl (C=O) groups excluding carboxylic acids is 1. The Morgan fingerprint density at radius 3 is 2.46 bits per heavy atom. The molecule has 0 aliphatic rings. The van der Waals surface area contributed by atoms with E-state index in [-0.39, 0.29) is 24.3 Å². The van der Waals surface area contributed by atoms with Crippen LogP contribution in [-0.2, 0) is 4.79 Å². The number of hydrogen-bond donors (Lipinski definition) is 1. The maximum atomic E-state index is 13.8. The Bertz CT molecular complexity index is 774. The van der Waals surface area contributed by atoms with Gasteiger partial charge < -0.3 is 14.8 Å². The number of benzene rings is 2. The summed E-state index contributed by atoms with van der Waals surface area (Å²) < 4.78 is 24.5. The number of nitrogens with one attached hydrogen (secondary N) is 1. The highest BCUT2D eigenvalue weighted by Gasteiger charge is 2.14. The summed E-state index contributed by atoms with van der Waals surface area (Å²) >= 11 is 0. The number of aryl methyl sites for hydroxylation is 1. The van der Waals surface area contributed by atoms with Crippen molar-refractivity contribution in [2.24, 2.45) is 0 Å². The largest absolute Gasteiger partial charge is 0.494 e. The van der Waals surface area contributed by atoms with Gasteiger partial charge in [0.1, 0.15) is 5.75 Å². The lowest BCUT2D eigenvalue weighted by atomic mass is 10.0. The normalized spacial score (nSPS) is 12.0. The average Bonchev–Trinajstić information content (AvgIpc) is 2.59. The number of halogens is 1. The molecule has 2 aromatic rings. The summed E-state index contributed by atoms with van der Waals surface area (Å²) in [5, 5.41) is 2.82. The summed E-state index contributed by atoms with van der Waals surface area (Å²) in [6.45, 7) is 7.85. The Morgan fingerprint density at radius 1 is 1.12 bits per heavy atom. The molecule has 0 radical (unpaired) electrons. The van der Waals surface area contributed by atoms with Crippen LogP contribution in [0.4, 0.5) is 4.39 Å². The molecule has 0 fully saturated rings. The minimum absolute atomic E-state index is 0.0911.